The molecule has 1 amide bonds. The first-order valence-electron chi connectivity index (χ1n) is 6.64. The molecule has 1 heterocycles. The van der Waals surface area contributed by atoms with Gasteiger partial charge in [-0.05, 0) is 38.8 Å². The molecule has 1 aromatic rings. The fraction of sp³-hybridized carbons (Fsp3) is 0.533. The molecular formula is C15H21ClN2O. The topological polar surface area (TPSA) is 32.3 Å². The van der Waals surface area contributed by atoms with Gasteiger partial charge in [-0.2, -0.15) is 0 Å². The number of carbonyl (C=O) groups excluding carboxylic acids is 1. The van der Waals surface area contributed by atoms with E-state index in [1.807, 2.05) is 29.2 Å². The molecule has 1 aliphatic heterocycles. The lowest BCUT2D eigenvalue weighted by Gasteiger charge is -2.27. The average Bonchev–Trinajstić information content (AvgIpc) is 2.69. The molecule has 1 atom stereocenters. The van der Waals surface area contributed by atoms with Crippen LogP contribution in [0.5, 0.6) is 0 Å². The first kappa shape index (κ1) is 14.2. The van der Waals surface area contributed by atoms with E-state index < -0.39 is 0 Å². The van der Waals surface area contributed by atoms with Crippen molar-refractivity contribution in [2.45, 2.75) is 32.7 Å². The van der Waals surface area contributed by atoms with E-state index in [9.17, 15) is 4.79 Å². The maximum Gasteiger partial charge on any atom is 0.227 e. The van der Waals surface area contributed by atoms with Crippen LogP contribution in [0.2, 0.25) is 0 Å². The lowest BCUT2D eigenvalue weighted by atomic mass is 10.1. The lowest BCUT2D eigenvalue weighted by molar-refractivity contribution is -0.117. The summed E-state index contributed by atoms with van der Waals surface area (Å²) in [4.78, 5) is 13.9. The first-order valence-corrected chi connectivity index (χ1v) is 7.17. The van der Waals surface area contributed by atoms with Crippen molar-refractivity contribution in [3.63, 3.8) is 0 Å². The Hall–Kier alpha value is -1.22. The third-order valence-electron chi connectivity index (χ3n) is 3.13. The number of halogens is 1. The molecule has 0 radical (unpaired) electrons. The number of amides is 1. The molecule has 0 saturated carbocycles. The van der Waals surface area contributed by atoms with Crippen LogP contribution in [0.25, 0.3) is 0 Å². The van der Waals surface area contributed by atoms with Gasteiger partial charge in [0.25, 0.3) is 0 Å². The van der Waals surface area contributed by atoms with E-state index in [2.05, 4.69) is 26.1 Å². The van der Waals surface area contributed by atoms with Crippen LogP contribution in [0.15, 0.2) is 24.3 Å². The largest absolute Gasteiger partial charge is 0.379 e. The molecule has 0 aliphatic carbocycles. The third-order valence-corrected chi connectivity index (χ3v) is 3.56. The van der Waals surface area contributed by atoms with Gasteiger partial charge in [0, 0.05) is 24.4 Å². The van der Waals surface area contributed by atoms with Gasteiger partial charge >= 0.3 is 0 Å². The number of rotatable bonds is 3. The molecule has 4 heteroatoms. The monoisotopic (exact) mass is 280 g/mol. The number of hydrogen-bond donors (Lipinski definition) is 1. The van der Waals surface area contributed by atoms with Crippen molar-refractivity contribution in [1.82, 2.24) is 0 Å². The Kier molecular flexibility index (Phi) is 4.04. The predicted molar refractivity (Wildman–Crippen MR) is 81.0 cm³/mol. The summed E-state index contributed by atoms with van der Waals surface area (Å²) in [5, 5.41) is 3.45. The smallest absolute Gasteiger partial charge is 0.227 e. The molecule has 1 saturated heterocycles. The number of alkyl halides is 1. The predicted octanol–water partition coefficient (Wildman–Crippen LogP) is 3.49. The maximum absolute atomic E-state index is 12.1. The Balaban J connectivity index is 2.27. The minimum Gasteiger partial charge on any atom is -0.379 e. The van der Waals surface area contributed by atoms with Gasteiger partial charge in [-0.1, -0.05) is 12.1 Å². The van der Waals surface area contributed by atoms with Gasteiger partial charge in [0.1, 0.15) is 0 Å². The number of nitrogens with zero attached hydrogens (tertiary/aromatic N) is 1. The van der Waals surface area contributed by atoms with Crippen LogP contribution in [0, 0.1) is 5.92 Å². The zero-order chi connectivity index (χ0) is 14.0. The van der Waals surface area contributed by atoms with Crippen LogP contribution >= 0.6 is 11.6 Å². The highest BCUT2D eigenvalue weighted by atomic mass is 35.5. The van der Waals surface area contributed by atoms with Gasteiger partial charge in [0.15, 0.2) is 0 Å². The normalized spacial score (nSPS) is 19.9. The van der Waals surface area contributed by atoms with Gasteiger partial charge in [-0.3, -0.25) is 4.79 Å². The molecule has 0 aromatic heterocycles. The molecule has 3 nitrogen and oxygen atoms in total. The highest BCUT2D eigenvalue weighted by Crippen LogP contribution is 2.33. The second-order valence-electron chi connectivity index (χ2n) is 6.12. The Morgan fingerprint density at radius 2 is 2.05 bits per heavy atom. The molecule has 1 unspecified atom stereocenters. The molecule has 0 spiro atoms. The summed E-state index contributed by atoms with van der Waals surface area (Å²) >= 11 is 5.88. The maximum atomic E-state index is 12.1. The summed E-state index contributed by atoms with van der Waals surface area (Å²) in [6.07, 6.45) is 0.549. The summed E-state index contributed by atoms with van der Waals surface area (Å²) in [7, 11) is 0. The molecule has 0 bridgehead atoms. The number of benzene rings is 1. The number of hydrogen-bond acceptors (Lipinski definition) is 2. The van der Waals surface area contributed by atoms with E-state index in [4.69, 9.17) is 11.6 Å². The number of anilines is 2. The molecule has 104 valence electrons. The fourth-order valence-corrected chi connectivity index (χ4v) is 2.54. The summed E-state index contributed by atoms with van der Waals surface area (Å²) < 4.78 is 0. The van der Waals surface area contributed by atoms with E-state index >= 15 is 0 Å². The van der Waals surface area contributed by atoms with Crippen LogP contribution < -0.4 is 10.2 Å². The lowest BCUT2D eigenvalue weighted by Crippen LogP contribution is -2.30. The summed E-state index contributed by atoms with van der Waals surface area (Å²) in [6, 6.07) is 7.95. The Morgan fingerprint density at radius 1 is 1.37 bits per heavy atom. The van der Waals surface area contributed by atoms with Crippen molar-refractivity contribution >= 4 is 28.9 Å². The summed E-state index contributed by atoms with van der Waals surface area (Å²) in [6.45, 7) is 7.04. The molecule has 1 aromatic carbocycles. The zero-order valence-corrected chi connectivity index (χ0v) is 12.5. The van der Waals surface area contributed by atoms with E-state index in [1.54, 1.807) is 0 Å². The van der Waals surface area contributed by atoms with Crippen LogP contribution in [0.1, 0.15) is 27.2 Å². The highest BCUT2D eigenvalue weighted by Gasteiger charge is 2.31. The minimum absolute atomic E-state index is 0.0369. The number of para-hydroxylation sites is 2. The van der Waals surface area contributed by atoms with Crippen LogP contribution in [-0.2, 0) is 4.79 Å². The van der Waals surface area contributed by atoms with Crippen molar-refractivity contribution in [3.05, 3.63) is 24.3 Å². The Bertz CT molecular complexity index is 467. The second kappa shape index (κ2) is 5.41. The van der Waals surface area contributed by atoms with Crippen molar-refractivity contribution < 1.29 is 4.79 Å². The second-order valence-corrected chi connectivity index (χ2v) is 6.43. The van der Waals surface area contributed by atoms with Gasteiger partial charge in [0.05, 0.1) is 11.4 Å². The zero-order valence-electron chi connectivity index (χ0n) is 11.7. The average molecular weight is 281 g/mol. The SMILES string of the molecule is CC(C)(C)Nc1ccccc1N1CC(CCl)CC1=O. The van der Waals surface area contributed by atoms with Crippen molar-refractivity contribution in [2.24, 2.45) is 5.92 Å². The molecule has 19 heavy (non-hydrogen) atoms. The first-order chi connectivity index (χ1) is 8.90. The van der Waals surface area contributed by atoms with Gasteiger partial charge in [0.2, 0.25) is 5.91 Å². The number of carbonyl (C=O) groups is 1. The van der Waals surface area contributed by atoms with E-state index in [0.717, 1.165) is 11.4 Å². The molecule has 1 aliphatic rings. The van der Waals surface area contributed by atoms with Gasteiger partial charge in [-0.15, -0.1) is 11.6 Å². The van der Waals surface area contributed by atoms with Crippen molar-refractivity contribution in [3.8, 4) is 0 Å². The van der Waals surface area contributed by atoms with Crippen LogP contribution in [0.3, 0.4) is 0 Å². The quantitative estimate of drug-likeness (QED) is 0.860. The van der Waals surface area contributed by atoms with Crippen LogP contribution in [0.4, 0.5) is 11.4 Å². The van der Waals surface area contributed by atoms with Crippen LogP contribution in [-0.4, -0.2) is 23.9 Å². The molecule has 1 N–H and O–H groups in total. The summed E-state index contributed by atoms with van der Waals surface area (Å²) in [5.74, 6) is 0.961. The Labute approximate surface area is 119 Å². The highest BCUT2D eigenvalue weighted by molar-refractivity contribution is 6.18. The number of nitrogens with one attached hydrogen (secondary N) is 1. The van der Waals surface area contributed by atoms with Gasteiger partial charge in [-0.25, -0.2) is 0 Å². The van der Waals surface area contributed by atoms with E-state index in [0.29, 0.717) is 18.8 Å². The minimum atomic E-state index is -0.0369. The molecule has 1 fully saturated rings. The third kappa shape index (κ3) is 3.41. The van der Waals surface area contributed by atoms with E-state index in [-0.39, 0.29) is 17.4 Å². The molecular weight excluding hydrogens is 260 g/mol. The van der Waals surface area contributed by atoms with Gasteiger partial charge < -0.3 is 10.2 Å². The van der Waals surface area contributed by atoms with Crippen molar-refractivity contribution in [1.29, 1.82) is 0 Å². The fourth-order valence-electron chi connectivity index (χ4n) is 2.34. The van der Waals surface area contributed by atoms with Crippen molar-refractivity contribution in [2.75, 3.05) is 22.6 Å². The molecule has 2 rings (SSSR count). The standard InChI is InChI=1S/C15H21ClN2O/c1-15(2,3)17-12-6-4-5-7-13(12)18-10-11(9-16)8-14(18)19/h4-7,11,17H,8-10H2,1-3H3. The summed E-state index contributed by atoms with van der Waals surface area (Å²) in [5.41, 5.74) is 1.92. The Morgan fingerprint density at radius 3 is 2.63 bits per heavy atom. The van der Waals surface area contributed by atoms with E-state index in [1.165, 1.54) is 0 Å².